The van der Waals surface area contributed by atoms with Gasteiger partial charge in [-0.3, -0.25) is 4.99 Å². The molecule has 2 rings (SSSR count). The number of likely N-dealkylation sites (N-methyl/N-ethyl adjacent to an activating group) is 1. The first-order valence-corrected chi connectivity index (χ1v) is 11.2. The van der Waals surface area contributed by atoms with Gasteiger partial charge in [0.25, 0.3) is 0 Å². The third-order valence-electron chi connectivity index (χ3n) is 4.64. The van der Waals surface area contributed by atoms with Gasteiger partial charge in [0.05, 0.1) is 0 Å². The number of thiophene rings is 1. The van der Waals surface area contributed by atoms with Gasteiger partial charge in [-0.15, -0.1) is 35.3 Å². The maximum Gasteiger partial charge on any atom is 0.410 e. The molecule has 1 amide bonds. The molecule has 29 heavy (non-hydrogen) atoms. The summed E-state index contributed by atoms with van der Waals surface area (Å²) in [6.45, 7) is 11.8. The topological polar surface area (TPSA) is 57.2 Å². The van der Waals surface area contributed by atoms with Crippen LogP contribution in [-0.2, 0) is 11.2 Å². The molecule has 1 atom stereocenters. The lowest BCUT2D eigenvalue weighted by atomic mass is 9.98. The van der Waals surface area contributed by atoms with Crippen molar-refractivity contribution in [1.29, 1.82) is 0 Å². The van der Waals surface area contributed by atoms with Gasteiger partial charge in [0.15, 0.2) is 5.96 Å². The number of halogens is 1. The Kier molecular flexibility index (Phi) is 11.3. The van der Waals surface area contributed by atoms with Crippen molar-refractivity contribution in [2.75, 3.05) is 39.8 Å². The van der Waals surface area contributed by atoms with Crippen molar-refractivity contribution in [2.24, 2.45) is 10.9 Å². The van der Waals surface area contributed by atoms with Crippen molar-refractivity contribution < 1.29 is 9.53 Å². The number of likely N-dealkylation sites (tertiary alicyclic amines) is 1. The van der Waals surface area contributed by atoms with Gasteiger partial charge in [-0.1, -0.05) is 6.07 Å². The number of nitrogens with zero attached hydrogens (tertiary/aromatic N) is 3. The lowest BCUT2D eigenvalue weighted by Crippen LogP contribution is -2.44. The molecule has 0 radical (unpaired) electrons. The zero-order valence-electron chi connectivity index (χ0n) is 18.4. The van der Waals surface area contributed by atoms with E-state index in [9.17, 15) is 4.79 Å². The molecule has 1 aromatic rings. The van der Waals surface area contributed by atoms with Crippen LogP contribution in [0.1, 0.15) is 45.4 Å². The molecule has 1 N–H and O–H groups in total. The minimum Gasteiger partial charge on any atom is -0.444 e. The van der Waals surface area contributed by atoms with Crippen molar-refractivity contribution in [3.63, 3.8) is 0 Å². The molecule has 1 aromatic heterocycles. The summed E-state index contributed by atoms with van der Waals surface area (Å²) in [5.41, 5.74) is -0.453. The van der Waals surface area contributed by atoms with Crippen LogP contribution < -0.4 is 5.32 Å². The molecule has 0 bridgehead atoms. The van der Waals surface area contributed by atoms with Crippen LogP contribution in [0.4, 0.5) is 4.79 Å². The maximum absolute atomic E-state index is 12.4. The van der Waals surface area contributed by atoms with E-state index in [0.29, 0.717) is 5.92 Å². The van der Waals surface area contributed by atoms with Crippen LogP contribution in [0.2, 0.25) is 0 Å². The number of carbonyl (C=O) groups excluding carboxylic acids is 1. The lowest BCUT2D eigenvalue weighted by molar-refractivity contribution is 0.0170. The third-order valence-corrected chi connectivity index (χ3v) is 5.58. The van der Waals surface area contributed by atoms with Crippen molar-refractivity contribution in [2.45, 2.75) is 52.6 Å². The molecule has 0 aliphatic carbocycles. The minimum atomic E-state index is -0.453. The fourth-order valence-electron chi connectivity index (χ4n) is 3.23. The van der Waals surface area contributed by atoms with Gasteiger partial charge in [-0.05, 0) is 64.3 Å². The summed E-state index contributed by atoms with van der Waals surface area (Å²) in [7, 11) is 2.09. The number of carbonyl (C=O) groups is 1. The van der Waals surface area contributed by atoms with Gasteiger partial charge < -0.3 is 19.9 Å². The Morgan fingerprint density at radius 3 is 2.83 bits per heavy atom. The average Bonchev–Trinajstić information content (AvgIpc) is 3.15. The second-order valence-corrected chi connectivity index (χ2v) is 9.41. The first-order valence-electron chi connectivity index (χ1n) is 10.3. The Morgan fingerprint density at radius 1 is 1.45 bits per heavy atom. The molecule has 1 aliphatic heterocycles. The molecule has 8 heteroatoms. The van der Waals surface area contributed by atoms with E-state index < -0.39 is 5.60 Å². The van der Waals surface area contributed by atoms with Crippen LogP contribution in [-0.4, -0.2) is 67.2 Å². The van der Waals surface area contributed by atoms with E-state index in [1.165, 1.54) is 4.88 Å². The molecule has 6 nitrogen and oxygen atoms in total. The van der Waals surface area contributed by atoms with E-state index in [1.807, 2.05) is 25.7 Å². The van der Waals surface area contributed by atoms with Crippen molar-refractivity contribution >= 4 is 47.4 Å². The predicted molar refractivity (Wildman–Crippen MR) is 133 cm³/mol. The summed E-state index contributed by atoms with van der Waals surface area (Å²) >= 11 is 1.80. The molecule has 1 fully saturated rings. The van der Waals surface area contributed by atoms with Crippen LogP contribution in [0, 0.1) is 5.92 Å². The number of ether oxygens (including phenoxy) is 1. The fraction of sp³-hybridized carbons (Fsp3) is 0.714. The number of hydrogen-bond donors (Lipinski definition) is 1. The number of nitrogens with one attached hydrogen (secondary N) is 1. The van der Waals surface area contributed by atoms with Gasteiger partial charge in [-0.2, -0.15) is 0 Å². The molecular weight excluding hydrogens is 499 g/mol. The molecule has 0 aromatic carbocycles. The SMILES string of the molecule is CCNC(=NCC1CCCN(C(=O)OC(C)(C)C)C1)N(C)CCc1cccs1.I. The smallest absolute Gasteiger partial charge is 0.410 e. The Hall–Kier alpha value is -1.03. The van der Waals surface area contributed by atoms with Crippen molar-refractivity contribution in [3.8, 4) is 0 Å². The molecule has 0 saturated carbocycles. The van der Waals surface area contributed by atoms with E-state index in [0.717, 1.165) is 57.9 Å². The van der Waals surface area contributed by atoms with Gasteiger partial charge >= 0.3 is 6.09 Å². The molecule has 1 saturated heterocycles. The second kappa shape index (κ2) is 12.6. The monoisotopic (exact) mass is 536 g/mol. The summed E-state index contributed by atoms with van der Waals surface area (Å²) in [5, 5.41) is 5.51. The number of rotatable bonds is 6. The molecule has 1 aliphatic rings. The molecule has 1 unspecified atom stereocenters. The summed E-state index contributed by atoms with van der Waals surface area (Å²) in [6.07, 6.45) is 2.92. The van der Waals surface area contributed by atoms with E-state index >= 15 is 0 Å². The number of hydrogen-bond acceptors (Lipinski definition) is 4. The molecule has 2 heterocycles. The standard InChI is InChI=1S/C21H36N4O2S.HI/c1-6-22-19(24(5)13-11-18-10-8-14-28-18)23-15-17-9-7-12-25(16-17)20(26)27-21(2,3)4;/h8,10,14,17H,6-7,9,11-13,15-16H2,1-5H3,(H,22,23);1H. The predicted octanol–water partition coefficient (Wildman–Crippen LogP) is 4.45. The van der Waals surface area contributed by atoms with E-state index in [4.69, 9.17) is 9.73 Å². The zero-order valence-corrected chi connectivity index (χ0v) is 21.6. The Labute approximate surface area is 197 Å². The summed E-state index contributed by atoms with van der Waals surface area (Å²) < 4.78 is 5.53. The number of amides is 1. The van der Waals surface area contributed by atoms with Gasteiger partial charge in [0.2, 0.25) is 0 Å². The molecule has 166 valence electrons. The van der Waals surface area contributed by atoms with Crippen LogP contribution >= 0.6 is 35.3 Å². The van der Waals surface area contributed by atoms with Gasteiger partial charge in [0, 0.05) is 44.6 Å². The maximum atomic E-state index is 12.4. The quantitative estimate of drug-likeness (QED) is 0.332. The number of aliphatic imine (C=N–C) groups is 1. The van der Waals surface area contributed by atoms with Gasteiger partial charge in [-0.25, -0.2) is 4.79 Å². The van der Waals surface area contributed by atoms with Crippen molar-refractivity contribution in [3.05, 3.63) is 22.4 Å². The normalized spacial score (nSPS) is 17.5. The third kappa shape index (κ3) is 9.55. The van der Waals surface area contributed by atoms with Crippen LogP contribution in [0.5, 0.6) is 0 Å². The van der Waals surface area contributed by atoms with Crippen LogP contribution in [0.25, 0.3) is 0 Å². The second-order valence-electron chi connectivity index (χ2n) is 8.38. The minimum absolute atomic E-state index is 0. The summed E-state index contributed by atoms with van der Waals surface area (Å²) in [5.74, 6) is 1.31. The Bertz CT molecular complexity index is 631. The zero-order chi connectivity index (χ0) is 20.6. The summed E-state index contributed by atoms with van der Waals surface area (Å²) in [6, 6.07) is 4.27. The first-order chi connectivity index (χ1) is 13.3. The van der Waals surface area contributed by atoms with E-state index in [2.05, 4.69) is 41.7 Å². The average molecular weight is 537 g/mol. The van der Waals surface area contributed by atoms with Gasteiger partial charge in [0.1, 0.15) is 5.60 Å². The van der Waals surface area contributed by atoms with E-state index in [1.54, 1.807) is 11.3 Å². The Balaban J connectivity index is 0.00000420. The number of piperidine rings is 1. The highest BCUT2D eigenvalue weighted by atomic mass is 127. The number of guanidine groups is 1. The highest BCUT2D eigenvalue weighted by Crippen LogP contribution is 2.19. The molecular formula is C21H37IN4O2S. The highest BCUT2D eigenvalue weighted by molar-refractivity contribution is 14.0. The Morgan fingerprint density at radius 2 is 2.21 bits per heavy atom. The first kappa shape index (κ1) is 26.0. The summed E-state index contributed by atoms with van der Waals surface area (Å²) in [4.78, 5) is 22.6. The van der Waals surface area contributed by atoms with Crippen LogP contribution in [0.3, 0.4) is 0 Å². The fourth-order valence-corrected chi connectivity index (χ4v) is 3.93. The lowest BCUT2D eigenvalue weighted by Gasteiger charge is -2.33. The van der Waals surface area contributed by atoms with Crippen LogP contribution in [0.15, 0.2) is 22.5 Å². The van der Waals surface area contributed by atoms with E-state index in [-0.39, 0.29) is 30.1 Å². The largest absolute Gasteiger partial charge is 0.444 e. The molecule has 0 spiro atoms. The van der Waals surface area contributed by atoms with Crippen molar-refractivity contribution in [1.82, 2.24) is 15.1 Å². The highest BCUT2D eigenvalue weighted by Gasteiger charge is 2.27.